The quantitative estimate of drug-likeness (QED) is 0.737. The smallest absolute Gasteiger partial charge is 0.191 e. The summed E-state index contributed by atoms with van der Waals surface area (Å²) < 4.78 is 24.6. The highest BCUT2D eigenvalue weighted by Gasteiger charge is 2.32. The first kappa shape index (κ1) is 12.4. The van der Waals surface area contributed by atoms with Gasteiger partial charge >= 0.3 is 0 Å². The number of rotatable bonds is 3. The minimum atomic E-state index is -2.91. The van der Waals surface area contributed by atoms with Crippen molar-refractivity contribution in [2.45, 2.75) is 17.5 Å². The number of aromatic nitrogens is 3. The summed E-state index contributed by atoms with van der Waals surface area (Å²) in [5.41, 5.74) is 0. The summed E-state index contributed by atoms with van der Waals surface area (Å²) in [6, 6.07) is 2.02. The van der Waals surface area contributed by atoms with Crippen LogP contribution >= 0.6 is 11.8 Å². The lowest BCUT2D eigenvalue weighted by molar-refractivity contribution is 0.599. The van der Waals surface area contributed by atoms with Crippen molar-refractivity contribution in [3.63, 3.8) is 0 Å². The third-order valence-electron chi connectivity index (χ3n) is 2.73. The van der Waals surface area contributed by atoms with Crippen LogP contribution in [0.3, 0.4) is 0 Å². The Labute approximate surface area is 104 Å². The molecule has 17 heavy (non-hydrogen) atoms. The summed E-state index contributed by atoms with van der Waals surface area (Å²) in [5, 5.41) is 17.2. The first-order valence-corrected chi connectivity index (χ1v) is 7.93. The van der Waals surface area contributed by atoms with Crippen LogP contribution < -0.4 is 0 Å². The van der Waals surface area contributed by atoms with E-state index >= 15 is 0 Å². The average Bonchev–Trinajstić information content (AvgIpc) is 2.79. The van der Waals surface area contributed by atoms with Gasteiger partial charge < -0.3 is 4.57 Å². The molecule has 1 atom stereocenters. The number of thioether (sulfide) groups is 1. The molecule has 0 saturated carbocycles. The van der Waals surface area contributed by atoms with Crippen LogP contribution in [0.4, 0.5) is 0 Å². The monoisotopic (exact) mass is 272 g/mol. The van der Waals surface area contributed by atoms with E-state index in [1.165, 1.54) is 11.8 Å². The molecule has 8 heteroatoms. The van der Waals surface area contributed by atoms with Crippen molar-refractivity contribution in [2.24, 2.45) is 7.05 Å². The summed E-state index contributed by atoms with van der Waals surface area (Å²) >= 11 is 1.31. The number of nitriles is 1. The Hall–Kier alpha value is -1.07. The van der Waals surface area contributed by atoms with Gasteiger partial charge in [0.15, 0.2) is 15.0 Å². The van der Waals surface area contributed by atoms with Crippen molar-refractivity contribution in [2.75, 3.05) is 17.3 Å². The lowest BCUT2D eigenvalue weighted by Gasteiger charge is -2.06. The van der Waals surface area contributed by atoms with Crippen molar-refractivity contribution >= 4 is 21.6 Å². The molecule has 0 unspecified atom stereocenters. The molecule has 0 N–H and O–H groups in total. The van der Waals surface area contributed by atoms with E-state index in [0.29, 0.717) is 23.2 Å². The fourth-order valence-electron chi connectivity index (χ4n) is 1.90. The van der Waals surface area contributed by atoms with E-state index in [-0.39, 0.29) is 17.4 Å². The normalized spacial score (nSPS) is 22.5. The average molecular weight is 272 g/mol. The van der Waals surface area contributed by atoms with Crippen LogP contribution in [0, 0.1) is 11.3 Å². The zero-order chi connectivity index (χ0) is 12.5. The summed E-state index contributed by atoms with van der Waals surface area (Å²) in [5.74, 6) is 1.34. The van der Waals surface area contributed by atoms with E-state index in [9.17, 15) is 8.42 Å². The van der Waals surface area contributed by atoms with E-state index in [0.717, 1.165) is 0 Å². The van der Waals surface area contributed by atoms with E-state index < -0.39 is 9.84 Å². The molecule has 1 aromatic rings. The fourth-order valence-corrected chi connectivity index (χ4v) is 4.22. The predicted octanol–water partition coefficient (Wildman–Crippen LogP) is 0.333. The second kappa shape index (κ2) is 4.66. The Kier molecular flexibility index (Phi) is 3.40. The van der Waals surface area contributed by atoms with Gasteiger partial charge in [-0.2, -0.15) is 5.26 Å². The Balaban J connectivity index is 2.18. The molecule has 2 rings (SSSR count). The van der Waals surface area contributed by atoms with Gasteiger partial charge in [0, 0.05) is 13.0 Å². The Bertz CT molecular complexity index is 558. The number of hydrogen-bond donors (Lipinski definition) is 0. The highest BCUT2D eigenvalue weighted by Crippen LogP contribution is 2.29. The lowest BCUT2D eigenvalue weighted by atomic mass is 10.1. The van der Waals surface area contributed by atoms with Gasteiger partial charge in [-0.25, -0.2) is 8.42 Å². The van der Waals surface area contributed by atoms with E-state index in [1.54, 1.807) is 11.6 Å². The van der Waals surface area contributed by atoms with Crippen LogP contribution in [0.25, 0.3) is 0 Å². The zero-order valence-corrected chi connectivity index (χ0v) is 11.0. The highest BCUT2D eigenvalue weighted by molar-refractivity contribution is 7.99. The first-order chi connectivity index (χ1) is 8.03. The molecule has 1 saturated heterocycles. The maximum Gasteiger partial charge on any atom is 0.191 e. The Morgan fingerprint density at radius 2 is 2.35 bits per heavy atom. The zero-order valence-electron chi connectivity index (χ0n) is 9.33. The van der Waals surface area contributed by atoms with Gasteiger partial charge in [-0.05, 0) is 6.42 Å². The maximum atomic E-state index is 11.4. The number of sulfone groups is 1. The van der Waals surface area contributed by atoms with Gasteiger partial charge in [-0.1, -0.05) is 11.8 Å². The molecule has 0 radical (unpaired) electrons. The number of hydrogen-bond acceptors (Lipinski definition) is 6. The molecule has 0 bridgehead atoms. The van der Waals surface area contributed by atoms with Crippen molar-refractivity contribution in [1.82, 2.24) is 14.8 Å². The second-order valence-corrected chi connectivity index (χ2v) is 7.12. The third kappa shape index (κ3) is 2.61. The highest BCUT2D eigenvalue weighted by atomic mass is 32.2. The summed E-state index contributed by atoms with van der Waals surface area (Å²) in [7, 11) is -1.10. The first-order valence-electron chi connectivity index (χ1n) is 5.13. The van der Waals surface area contributed by atoms with Crippen molar-refractivity contribution in [3.8, 4) is 6.07 Å². The second-order valence-electron chi connectivity index (χ2n) is 3.95. The molecule has 0 aromatic carbocycles. The molecule has 92 valence electrons. The van der Waals surface area contributed by atoms with Crippen LogP contribution in [0.5, 0.6) is 0 Å². The van der Waals surface area contributed by atoms with Gasteiger partial charge in [0.1, 0.15) is 5.82 Å². The third-order valence-corrected chi connectivity index (χ3v) is 5.39. The molecule has 1 aromatic heterocycles. The van der Waals surface area contributed by atoms with E-state index in [4.69, 9.17) is 5.26 Å². The molecule has 0 aliphatic carbocycles. The predicted molar refractivity (Wildman–Crippen MR) is 63.4 cm³/mol. The van der Waals surface area contributed by atoms with E-state index in [2.05, 4.69) is 10.2 Å². The summed E-state index contributed by atoms with van der Waals surface area (Å²) in [6.07, 6.45) is 0.608. The molecular formula is C9H12N4O2S2. The Morgan fingerprint density at radius 1 is 1.59 bits per heavy atom. The minimum Gasteiger partial charge on any atom is -0.309 e. The molecule has 0 spiro atoms. The van der Waals surface area contributed by atoms with Gasteiger partial charge in [0.05, 0.1) is 23.3 Å². The lowest BCUT2D eigenvalue weighted by Crippen LogP contribution is -2.09. The van der Waals surface area contributed by atoms with E-state index in [1.807, 2.05) is 6.07 Å². The molecule has 1 aliphatic rings. The molecule has 2 heterocycles. The molecule has 0 amide bonds. The van der Waals surface area contributed by atoms with Crippen LogP contribution in [0.2, 0.25) is 0 Å². The maximum absolute atomic E-state index is 11.4. The summed E-state index contributed by atoms with van der Waals surface area (Å²) in [4.78, 5) is 0. The standard InChI is InChI=1S/C9H12N4O2S2/c1-13-8(7-2-5-17(14,15)6-7)11-12-9(13)16-4-3-10/h7H,2,4-6H2,1H3/t7-/m0/s1. The van der Waals surface area contributed by atoms with Gasteiger partial charge in [-0.15, -0.1) is 10.2 Å². The summed E-state index contributed by atoms with van der Waals surface area (Å²) in [6.45, 7) is 0. The topological polar surface area (TPSA) is 88.6 Å². The van der Waals surface area contributed by atoms with Crippen LogP contribution in [-0.2, 0) is 16.9 Å². The molecular weight excluding hydrogens is 260 g/mol. The van der Waals surface area contributed by atoms with Crippen LogP contribution in [0.15, 0.2) is 5.16 Å². The van der Waals surface area contributed by atoms with Gasteiger partial charge in [0.2, 0.25) is 0 Å². The van der Waals surface area contributed by atoms with Gasteiger partial charge in [-0.3, -0.25) is 0 Å². The van der Waals surface area contributed by atoms with Crippen LogP contribution in [0.1, 0.15) is 18.2 Å². The molecule has 6 nitrogen and oxygen atoms in total. The largest absolute Gasteiger partial charge is 0.309 e. The molecule has 1 aliphatic heterocycles. The minimum absolute atomic E-state index is 0.0612. The number of nitrogens with zero attached hydrogens (tertiary/aromatic N) is 4. The van der Waals surface area contributed by atoms with Crippen molar-refractivity contribution in [3.05, 3.63) is 5.82 Å². The Morgan fingerprint density at radius 3 is 2.94 bits per heavy atom. The van der Waals surface area contributed by atoms with Crippen LogP contribution in [-0.4, -0.2) is 40.4 Å². The van der Waals surface area contributed by atoms with Crippen molar-refractivity contribution < 1.29 is 8.42 Å². The van der Waals surface area contributed by atoms with Gasteiger partial charge in [0.25, 0.3) is 0 Å². The van der Waals surface area contributed by atoms with Crippen molar-refractivity contribution in [1.29, 1.82) is 5.26 Å². The SMILES string of the molecule is Cn1c(SCC#N)nnc1[C@H]1CCS(=O)(=O)C1. The fraction of sp³-hybridized carbons (Fsp3) is 0.667. The molecule has 1 fully saturated rings.